The molecule has 0 amide bonds. The maximum absolute atomic E-state index is 5.58. The Morgan fingerprint density at radius 1 is 1.44 bits per heavy atom. The molecule has 0 radical (unpaired) electrons. The Balaban J connectivity index is 2.54. The summed E-state index contributed by atoms with van der Waals surface area (Å²) < 4.78 is 5.58. The molecule has 3 nitrogen and oxygen atoms in total. The van der Waals surface area contributed by atoms with Crippen molar-refractivity contribution in [2.24, 2.45) is 11.7 Å². The summed E-state index contributed by atoms with van der Waals surface area (Å²) in [6, 6.07) is 1.88. The Hall–Kier alpha value is -1.53. The van der Waals surface area contributed by atoms with Crippen LogP contribution < -0.4 is 10.5 Å². The van der Waals surface area contributed by atoms with Gasteiger partial charge in [-0.15, -0.1) is 0 Å². The van der Waals surface area contributed by atoms with Crippen LogP contribution in [0.4, 0.5) is 0 Å². The lowest BCUT2D eigenvalue weighted by molar-refractivity contribution is 0.288. The summed E-state index contributed by atoms with van der Waals surface area (Å²) >= 11 is 0. The van der Waals surface area contributed by atoms with Gasteiger partial charge in [0.2, 0.25) is 0 Å². The minimum Gasteiger partial charge on any atom is -0.492 e. The van der Waals surface area contributed by atoms with E-state index in [4.69, 9.17) is 10.5 Å². The number of ether oxygens (including phenoxy) is 1. The van der Waals surface area contributed by atoms with Crippen molar-refractivity contribution in [3.8, 4) is 17.6 Å². The van der Waals surface area contributed by atoms with Crippen LogP contribution >= 0.6 is 0 Å². The standard InChI is InChI=1S/C13H18N2O/c1-11(2)5-7-16-13-8-12(4-3-6-14)9-15-10-13/h8-11H,5-7,14H2,1-2H3. The molecule has 0 aromatic carbocycles. The largest absolute Gasteiger partial charge is 0.492 e. The normalized spacial score (nSPS) is 9.75. The number of hydrogen-bond donors (Lipinski definition) is 1. The van der Waals surface area contributed by atoms with Crippen molar-refractivity contribution >= 4 is 0 Å². The summed E-state index contributed by atoms with van der Waals surface area (Å²) in [4.78, 5) is 4.07. The Bertz CT molecular complexity index is 377. The molecule has 0 aliphatic carbocycles. The highest BCUT2D eigenvalue weighted by atomic mass is 16.5. The molecule has 1 aromatic rings. The highest BCUT2D eigenvalue weighted by Gasteiger charge is 1.97. The van der Waals surface area contributed by atoms with Crippen molar-refractivity contribution in [2.75, 3.05) is 13.2 Å². The smallest absolute Gasteiger partial charge is 0.138 e. The van der Waals surface area contributed by atoms with Crippen molar-refractivity contribution < 1.29 is 4.74 Å². The van der Waals surface area contributed by atoms with E-state index in [1.165, 1.54) is 0 Å². The van der Waals surface area contributed by atoms with Gasteiger partial charge in [0.15, 0.2) is 0 Å². The maximum Gasteiger partial charge on any atom is 0.138 e. The fraction of sp³-hybridized carbons (Fsp3) is 0.462. The van der Waals surface area contributed by atoms with Gasteiger partial charge in [0.1, 0.15) is 5.75 Å². The summed E-state index contributed by atoms with van der Waals surface area (Å²) in [7, 11) is 0. The first-order valence-corrected chi connectivity index (χ1v) is 5.49. The molecule has 0 aliphatic heterocycles. The zero-order chi connectivity index (χ0) is 11.8. The van der Waals surface area contributed by atoms with E-state index in [2.05, 4.69) is 30.7 Å². The molecule has 1 aromatic heterocycles. The highest BCUT2D eigenvalue weighted by molar-refractivity contribution is 5.36. The van der Waals surface area contributed by atoms with Gasteiger partial charge >= 0.3 is 0 Å². The first-order chi connectivity index (χ1) is 7.72. The molecule has 1 heterocycles. The van der Waals surface area contributed by atoms with Gasteiger partial charge in [-0.2, -0.15) is 0 Å². The Kier molecular flexibility index (Phi) is 5.38. The number of aromatic nitrogens is 1. The van der Waals surface area contributed by atoms with E-state index in [0.717, 1.165) is 17.7 Å². The zero-order valence-corrected chi connectivity index (χ0v) is 9.86. The van der Waals surface area contributed by atoms with E-state index >= 15 is 0 Å². The van der Waals surface area contributed by atoms with Crippen LogP contribution in [-0.4, -0.2) is 18.1 Å². The lowest BCUT2D eigenvalue weighted by Crippen LogP contribution is -2.01. The fourth-order valence-electron chi connectivity index (χ4n) is 1.13. The molecule has 86 valence electrons. The van der Waals surface area contributed by atoms with Crippen LogP contribution in [0.3, 0.4) is 0 Å². The van der Waals surface area contributed by atoms with Crippen LogP contribution in [0.2, 0.25) is 0 Å². The predicted octanol–water partition coefficient (Wildman–Crippen LogP) is 1.82. The highest BCUT2D eigenvalue weighted by Crippen LogP contribution is 2.11. The van der Waals surface area contributed by atoms with Crippen LogP contribution in [0, 0.1) is 17.8 Å². The molecule has 16 heavy (non-hydrogen) atoms. The minimum atomic E-state index is 0.360. The summed E-state index contributed by atoms with van der Waals surface area (Å²) in [5, 5.41) is 0. The van der Waals surface area contributed by atoms with Gasteiger partial charge in [-0.05, 0) is 18.4 Å². The number of nitrogens with two attached hydrogens (primary N) is 1. The molecule has 0 atom stereocenters. The van der Waals surface area contributed by atoms with E-state index in [-0.39, 0.29) is 0 Å². The van der Waals surface area contributed by atoms with E-state index in [1.807, 2.05) is 6.07 Å². The van der Waals surface area contributed by atoms with Gasteiger partial charge in [0.05, 0.1) is 19.3 Å². The van der Waals surface area contributed by atoms with Gasteiger partial charge in [-0.3, -0.25) is 4.98 Å². The predicted molar refractivity (Wildman–Crippen MR) is 65.1 cm³/mol. The third-order valence-corrected chi connectivity index (χ3v) is 2.01. The molecule has 0 fully saturated rings. The van der Waals surface area contributed by atoms with Crippen molar-refractivity contribution in [2.45, 2.75) is 20.3 Å². The lowest BCUT2D eigenvalue weighted by Gasteiger charge is -2.07. The third kappa shape index (κ3) is 4.81. The van der Waals surface area contributed by atoms with E-state index < -0.39 is 0 Å². The van der Waals surface area contributed by atoms with Crippen LogP contribution in [0.1, 0.15) is 25.8 Å². The van der Waals surface area contributed by atoms with E-state index in [0.29, 0.717) is 19.1 Å². The van der Waals surface area contributed by atoms with Gasteiger partial charge in [-0.1, -0.05) is 25.7 Å². The number of pyridine rings is 1. The Labute approximate surface area is 97.0 Å². The molecule has 1 rings (SSSR count). The van der Waals surface area contributed by atoms with Gasteiger partial charge < -0.3 is 10.5 Å². The van der Waals surface area contributed by atoms with Crippen molar-refractivity contribution in [3.05, 3.63) is 24.0 Å². The van der Waals surface area contributed by atoms with Gasteiger partial charge in [-0.25, -0.2) is 0 Å². The second kappa shape index (κ2) is 6.86. The summed E-state index contributed by atoms with van der Waals surface area (Å²) in [5.74, 6) is 7.13. The van der Waals surface area contributed by atoms with Crippen molar-refractivity contribution in [1.29, 1.82) is 0 Å². The molecule has 0 spiro atoms. The molecule has 2 N–H and O–H groups in total. The summed E-state index contributed by atoms with van der Waals surface area (Å²) in [6.45, 7) is 5.42. The number of hydrogen-bond acceptors (Lipinski definition) is 3. The van der Waals surface area contributed by atoms with E-state index in [9.17, 15) is 0 Å². The Morgan fingerprint density at radius 3 is 2.94 bits per heavy atom. The fourth-order valence-corrected chi connectivity index (χ4v) is 1.13. The minimum absolute atomic E-state index is 0.360. The topological polar surface area (TPSA) is 48.1 Å². The summed E-state index contributed by atoms with van der Waals surface area (Å²) in [5.41, 5.74) is 6.14. The van der Waals surface area contributed by atoms with Gasteiger partial charge in [0.25, 0.3) is 0 Å². The molecule has 0 unspecified atom stereocenters. The van der Waals surface area contributed by atoms with Crippen LogP contribution in [-0.2, 0) is 0 Å². The molecule has 0 saturated heterocycles. The quantitative estimate of drug-likeness (QED) is 0.784. The molecule has 3 heteroatoms. The third-order valence-electron chi connectivity index (χ3n) is 2.01. The summed E-state index contributed by atoms with van der Waals surface area (Å²) in [6.07, 6.45) is 4.45. The average Bonchev–Trinajstić information content (AvgIpc) is 2.26. The zero-order valence-electron chi connectivity index (χ0n) is 9.86. The molecule has 0 saturated carbocycles. The monoisotopic (exact) mass is 218 g/mol. The second-order valence-corrected chi connectivity index (χ2v) is 3.95. The molecule has 0 aliphatic rings. The Morgan fingerprint density at radius 2 is 2.25 bits per heavy atom. The maximum atomic E-state index is 5.58. The first kappa shape index (κ1) is 12.5. The average molecular weight is 218 g/mol. The second-order valence-electron chi connectivity index (χ2n) is 3.95. The number of nitrogens with zero attached hydrogens (tertiary/aromatic N) is 1. The van der Waals surface area contributed by atoms with Crippen LogP contribution in [0.5, 0.6) is 5.75 Å². The van der Waals surface area contributed by atoms with Gasteiger partial charge in [0, 0.05) is 11.8 Å². The molecular weight excluding hydrogens is 200 g/mol. The molecular formula is C13H18N2O. The SMILES string of the molecule is CC(C)CCOc1cncc(C#CCN)c1. The number of rotatable bonds is 4. The van der Waals surface area contributed by atoms with Crippen LogP contribution in [0.15, 0.2) is 18.5 Å². The first-order valence-electron chi connectivity index (χ1n) is 5.49. The van der Waals surface area contributed by atoms with Crippen LogP contribution in [0.25, 0.3) is 0 Å². The van der Waals surface area contributed by atoms with E-state index in [1.54, 1.807) is 12.4 Å². The lowest BCUT2D eigenvalue weighted by atomic mass is 10.1. The molecule has 0 bridgehead atoms. The van der Waals surface area contributed by atoms with Crippen molar-refractivity contribution in [1.82, 2.24) is 4.98 Å². The van der Waals surface area contributed by atoms with Crippen molar-refractivity contribution in [3.63, 3.8) is 0 Å².